The number of fused-ring (bicyclic) bond motifs is 7. The minimum atomic E-state index is -0.530. The predicted octanol–water partition coefficient (Wildman–Crippen LogP) is 9.21. The van der Waals surface area contributed by atoms with E-state index in [9.17, 15) is 9.90 Å². The molecule has 0 bridgehead atoms. The molecule has 1 N–H and O–H groups in total. The summed E-state index contributed by atoms with van der Waals surface area (Å²) in [6.45, 7) is 19.8. The summed E-state index contributed by atoms with van der Waals surface area (Å²) >= 11 is 0. The maximum absolute atomic E-state index is 12.8. The van der Waals surface area contributed by atoms with Crippen LogP contribution in [0, 0.1) is 50.2 Å². The van der Waals surface area contributed by atoms with Crippen molar-refractivity contribution < 1.29 is 9.90 Å². The first kappa shape index (κ1) is 25.6. The van der Waals surface area contributed by atoms with Gasteiger partial charge < -0.3 is 5.11 Å². The molecule has 0 radical (unpaired) electrons. The molecule has 0 aromatic rings. The minimum absolute atomic E-state index is 0.130. The van der Waals surface area contributed by atoms with Gasteiger partial charge in [-0.1, -0.05) is 71.8 Å². The van der Waals surface area contributed by atoms with Crippen molar-refractivity contribution in [2.75, 3.05) is 0 Å². The van der Waals surface area contributed by atoms with Crippen LogP contribution < -0.4 is 0 Å². The Labute approximate surface area is 215 Å². The Balaban J connectivity index is 1.62. The highest BCUT2D eigenvalue weighted by Crippen LogP contribution is 2.76. The summed E-state index contributed by atoms with van der Waals surface area (Å²) in [6.07, 6.45) is 17.6. The number of hydrogen-bond acceptors (Lipinski definition) is 1. The first-order valence-electron chi connectivity index (χ1n) is 14.8. The van der Waals surface area contributed by atoms with E-state index in [-0.39, 0.29) is 27.6 Å². The maximum atomic E-state index is 12.8. The lowest BCUT2D eigenvalue weighted by molar-refractivity contribution is -0.187. The lowest BCUT2D eigenvalue weighted by atomic mass is 9.33. The Morgan fingerprint density at radius 3 is 2.31 bits per heavy atom. The van der Waals surface area contributed by atoms with Crippen molar-refractivity contribution in [1.82, 2.24) is 0 Å². The summed E-state index contributed by atoms with van der Waals surface area (Å²) < 4.78 is 0. The molecule has 0 saturated heterocycles. The number of hydrogen-bond donors (Lipinski definition) is 1. The summed E-state index contributed by atoms with van der Waals surface area (Å²) in [6, 6.07) is 0. The van der Waals surface area contributed by atoms with Crippen molar-refractivity contribution in [3.8, 4) is 0 Å². The molecule has 0 amide bonds. The van der Waals surface area contributed by atoms with Crippen molar-refractivity contribution in [3.63, 3.8) is 0 Å². The van der Waals surface area contributed by atoms with Crippen LogP contribution in [0.15, 0.2) is 23.3 Å². The van der Waals surface area contributed by atoms with E-state index in [1.54, 1.807) is 11.1 Å². The summed E-state index contributed by atoms with van der Waals surface area (Å²) in [5.41, 5.74) is 4.03. The maximum Gasteiger partial charge on any atom is 0.310 e. The molecule has 35 heavy (non-hydrogen) atoms. The molecule has 4 saturated carbocycles. The standard InChI is InChI=1S/C33H52O2/c1-9-22-13-16-32(10-2)25(29(22,5)6)14-15-31(8)26(32)12-11-23-24-21-28(3,4)17-19-33(24,27(34)35)20-18-30(23,31)7/h9,11,24-26H,10,12-21H2,1-8H3,(H,34,35)/t24?,25?,26?,30-,31-,32+,33+/m1/s1. The van der Waals surface area contributed by atoms with Gasteiger partial charge in [0, 0.05) is 0 Å². The molecule has 0 aliphatic heterocycles. The summed E-state index contributed by atoms with van der Waals surface area (Å²) in [5, 5.41) is 10.6. The highest BCUT2D eigenvalue weighted by Gasteiger charge is 2.69. The molecule has 5 aliphatic carbocycles. The topological polar surface area (TPSA) is 37.3 Å². The van der Waals surface area contributed by atoms with Gasteiger partial charge in [0.1, 0.15) is 0 Å². The second-order valence-corrected chi connectivity index (χ2v) is 15.3. The van der Waals surface area contributed by atoms with Crippen LogP contribution in [0.2, 0.25) is 0 Å². The Kier molecular flexibility index (Phi) is 5.65. The van der Waals surface area contributed by atoms with Crippen LogP contribution in [0.3, 0.4) is 0 Å². The molecule has 196 valence electrons. The fraction of sp³-hybridized carbons (Fsp3) is 0.848. The number of carboxylic acid groups (broad SMARTS) is 1. The normalized spacial score (nSPS) is 49.2. The van der Waals surface area contributed by atoms with Gasteiger partial charge in [-0.3, -0.25) is 4.79 Å². The molecule has 0 aromatic carbocycles. The van der Waals surface area contributed by atoms with Gasteiger partial charge in [-0.05, 0) is 122 Å². The zero-order chi connectivity index (χ0) is 25.7. The van der Waals surface area contributed by atoms with Crippen LogP contribution in [-0.2, 0) is 4.79 Å². The molecule has 2 nitrogen and oxygen atoms in total. The third kappa shape index (κ3) is 3.10. The first-order chi connectivity index (χ1) is 16.2. The number of carbonyl (C=O) groups is 1. The van der Waals surface area contributed by atoms with E-state index < -0.39 is 11.4 Å². The van der Waals surface area contributed by atoms with Gasteiger partial charge in [-0.2, -0.15) is 0 Å². The fourth-order valence-corrected chi connectivity index (χ4v) is 11.4. The monoisotopic (exact) mass is 480 g/mol. The molecule has 0 aromatic heterocycles. The van der Waals surface area contributed by atoms with E-state index in [1.165, 1.54) is 38.5 Å². The van der Waals surface area contributed by atoms with E-state index in [1.807, 2.05) is 0 Å². The highest BCUT2D eigenvalue weighted by atomic mass is 16.4. The zero-order valence-electron chi connectivity index (χ0n) is 24.0. The largest absolute Gasteiger partial charge is 0.481 e. The molecular weight excluding hydrogens is 428 g/mol. The van der Waals surface area contributed by atoms with Gasteiger partial charge in [-0.15, -0.1) is 0 Å². The second kappa shape index (κ2) is 7.73. The minimum Gasteiger partial charge on any atom is -0.481 e. The number of aliphatic carboxylic acids is 1. The van der Waals surface area contributed by atoms with Crippen molar-refractivity contribution in [2.45, 2.75) is 126 Å². The molecule has 3 unspecified atom stereocenters. The smallest absolute Gasteiger partial charge is 0.310 e. The van der Waals surface area contributed by atoms with Crippen molar-refractivity contribution >= 4 is 5.97 Å². The molecule has 0 heterocycles. The van der Waals surface area contributed by atoms with Gasteiger partial charge >= 0.3 is 5.97 Å². The third-order valence-corrected chi connectivity index (χ3v) is 13.7. The van der Waals surface area contributed by atoms with Gasteiger partial charge in [-0.25, -0.2) is 0 Å². The Hall–Kier alpha value is -1.05. The van der Waals surface area contributed by atoms with Gasteiger partial charge in [0.2, 0.25) is 0 Å². The molecule has 4 fully saturated rings. The first-order valence-corrected chi connectivity index (χ1v) is 14.8. The molecule has 7 atom stereocenters. The van der Waals surface area contributed by atoms with Crippen molar-refractivity contribution in [2.24, 2.45) is 50.2 Å². The molecule has 5 rings (SSSR count). The number of allylic oxidation sites excluding steroid dienone is 4. The lowest BCUT2D eigenvalue weighted by Crippen LogP contribution is -2.64. The Morgan fingerprint density at radius 2 is 1.69 bits per heavy atom. The van der Waals surface area contributed by atoms with Crippen LogP contribution in [-0.4, -0.2) is 11.1 Å². The third-order valence-electron chi connectivity index (χ3n) is 13.7. The molecule has 5 aliphatic rings. The van der Waals surface area contributed by atoms with Gasteiger partial charge in [0.15, 0.2) is 0 Å². The van der Waals surface area contributed by atoms with Crippen LogP contribution in [0.25, 0.3) is 0 Å². The zero-order valence-corrected chi connectivity index (χ0v) is 24.0. The summed E-state index contributed by atoms with van der Waals surface area (Å²) in [4.78, 5) is 12.8. The van der Waals surface area contributed by atoms with E-state index in [0.717, 1.165) is 38.0 Å². The predicted molar refractivity (Wildman–Crippen MR) is 145 cm³/mol. The van der Waals surface area contributed by atoms with Crippen LogP contribution in [0.1, 0.15) is 126 Å². The Bertz CT molecular complexity index is 968. The summed E-state index contributed by atoms with van der Waals surface area (Å²) in [7, 11) is 0. The molecule has 2 heteroatoms. The van der Waals surface area contributed by atoms with Crippen molar-refractivity contribution in [3.05, 3.63) is 23.3 Å². The van der Waals surface area contributed by atoms with E-state index in [2.05, 4.69) is 67.5 Å². The summed E-state index contributed by atoms with van der Waals surface area (Å²) in [5.74, 6) is 1.16. The lowest BCUT2D eigenvalue weighted by Gasteiger charge is -2.71. The Morgan fingerprint density at radius 1 is 1.00 bits per heavy atom. The van der Waals surface area contributed by atoms with Gasteiger partial charge in [0.05, 0.1) is 5.41 Å². The van der Waals surface area contributed by atoms with Gasteiger partial charge in [0.25, 0.3) is 0 Å². The number of rotatable bonds is 2. The fourth-order valence-electron chi connectivity index (χ4n) is 11.4. The van der Waals surface area contributed by atoms with E-state index in [0.29, 0.717) is 11.3 Å². The van der Waals surface area contributed by atoms with Crippen LogP contribution >= 0.6 is 0 Å². The number of carboxylic acids is 1. The molecular formula is C33H52O2. The quantitative estimate of drug-likeness (QED) is 0.400. The second-order valence-electron chi connectivity index (χ2n) is 15.3. The van der Waals surface area contributed by atoms with Crippen LogP contribution in [0.4, 0.5) is 0 Å². The van der Waals surface area contributed by atoms with Crippen LogP contribution in [0.5, 0.6) is 0 Å². The van der Waals surface area contributed by atoms with E-state index >= 15 is 0 Å². The highest BCUT2D eigenvalue weighted by molar-refractivity contribution is 5.76. The average Bonchev–Trinajstić information content (AvgIpc) is 2.78. The average molecular weight is 481 g/mol. The molecule has 0 spiro atoms. The SMILES string of the molecule is CC=C1CC[C@@]2(CC)C(CC[C@]3(C)C2CC=C2C4CC(C)(C)CC[C@]4(C(=O)O)CC[C@]23C)C1(C)C. The van der Waals surface area contributed by atoms with E-state index in [4.69, 9.17) is 0 Å². The van der Waals surface area contributed by atoms with Crippen molar-refractivity contribution in [1.29, 1.82) is 0 Å².